The maximum absolute atomic E-state index is 10.5. The van der Waals surface area contributed by atoms with Crippen LogP contribution in [0.3, 0.4) is 0 Å². The number of benzene rings is 1. The molecule has 0 aliphatic carbocycles. The lowest BCUT2D eigenvalue weighted by Crippen LogP contribution is -2.36. The van der Waals surface area contributed by atoms with Crippen LogP contribution in [0.2, 0.25) is 5.02 Å². The van der Waals surface area contributed by atoms with Crippen LogP contribution < -0.4 is 0 Å². The highest BCUT2D eigenvalue weighted by molar-refractivity contribution is 6.30. The Hall–Kier alpha value is -0.610. The predicted octanol–water partition coefficient (Wildman–Crippen LogP) is 3.51. The number of rotatable bonds is 7. The SMILES string of the molecule is COCCCCN1CCC(C(O)c2ccc(Cl)cc2)CC1. The molecule has 1 aliphatic rings. The summed E-state index contributed by atoms with van der Waals surface area (Å²) in [4.78, 5) is 2.50. The molecule has 0 spiro atoms. The number of piperidine rings is 1. The summed E-state index contributed by atoms with van der Waals surface area (Å²) in [7, 11) is 1.75. The van der Waals surface area contributed by atoms with Gasteiger partial charge in [-0.05, 0) is 68.9 Å². The monoisotopic (exact) mass is 311 g/mol. The third-order valence-electron chi connectivity index (χ3n) is 4.36. The zero-order valence-electron chi connectivity index (χ0n) is 12.8. The lowest BCUT2D eigenvalue weighted by molar-refractivity contribution is 0.0578. The van der Waals surface area contributed by atoms with E-state index in [2.05, 4.69) is 4.90 Å². The van der Waals surface area contributed by atoms with E-state index in [1.165, 1.54) is 6.42 Å². The number of methoxy groups -OCH3 is 1. The number of unbranched alkanes of at least 4 members (excludes halogenated alkanes) is 1. The molecular weight excluding hydrogens is 286 g/mol. The van der Waals surface area contributed by atoms with Crippen LogP contribution in [-0.2, 0) is 4.74 Å². The second-order valence-electron chi connectivity index (χ2n) is 5.88. The first-order valence-electron chi connectivity index (χ1n) is 7.85. The van der Waals surface area contributed by atoms with Gasteiger partial charge in [0.15, 0.2) is 0 Å². The summed E-state index contributed by atoms with van der Waals surface area (Å²) in [5.74, 6) is 0.362. The molecule has 1 aromatic rings. The molecule has 1 N–H and O–H groups in total. The Labute approximate surface area is 132 Å². The number of hydrogen-bond donors (Lipinski definition) is 1. The van der Waals surface area contributed by atoms with Crippen LogP contribution in [0.4, 0.5) is 0 Å². The molecule has 1 aromatic carbocycles. The molecule has 3 nitrogen and oxygen atoms in total. The van der Waals surface area contributed by atoms with Crippen molar-refractivity contribution in [2.75, 3.05) is 33.4 Å². The largest absolute Gasteiger partial charge is 0.388 e. The fourth-order valence-corrected chi connectivity index (χ4v) is 3.13. The lowest BCUT2D eigenvalue weighted by atomic mass is 9.87. The Morgan fingerprint density at radius 2 is 1.90 bits per heavy atom. The van der Waals surface area contributed by atoms with Crippen LogP contribution in [0.15, 0.2) is 24.3 Å². The molecule has 1 unspecified atom stereocenters. The Kier molecular flexibility index (Phi) is 6.97. The minimum atomic E-state index is -0.363. The van der Waals surface area contributed by atoms with E-state index in [0.717, 1.165) is 56.1 Å². The molecule has 1 saturated heterocycles. The lowest BCUT2D eigenvalue weighted by Gasteiger charge is -2.34. The van der Waals surface area contributed by atoms with Crippen molar-refractivity contribution in [2.45, 2.75) is 31.8 Å². The number of halogens is 1. The Balaban J connectivity index is 1.74. The maximum atomic E-state index is 10.5. The van der Waals surface area contributed by atoms with Crippen LogP contribution in [0, 0.1) is 5.92 Å². The van der Waals surface area contributed by atoms with E-state index >= 15 is 0 Å². The van der Waals surface area contributed by atoms with Crippen LogP contribution in [0.5, 0.6) is 0 Å². The Morgan fingerprint density at radius 1 is 1.24 bits per heavy atom. The first-order chi connectivity index (χ1) is 10.2. The molecule has 1 heterocycles. The molecule has 4 heteroatoms. The second-order valence-corrected chi connectivity index (χ2v) is 6.31. The minimum Gasteiger partial charge on any atom is -0.388 e. The smallest absolute Gasteiger partial charge is 0.0819 e. The summed E-state index contributed by atoms with van der Waals surface area (Å²) in [5.41, 5.74) is 0.984. The Morgan fingerprint density at radius 3 is 2.52 bits per heavy atom. The minimum absolute atomic E-state index is 0.362. The van der Waals surface area contributed by atoms with Crippen LogP contribution in [0.1, 0.15) is 37.4 Å². The zero-order chi connectivity index (χ0) is 15.1. The summed E-state index contributed by atoms with van der Waals surface area (Å²) in [6.07, 6.45) is 4.09. The van der Waals surface area contributed by atoms with E-state index in [-0.39, 0.29) is 6.10 Å². The molecule has 1 aliphatic heterocycles. The summed E-state index contributed by atoms with van der Waals surface area (Å²) in [6.45, 7) is 4.17. The number of ether oxygens (including phenoxy) is 1. The molecule has 0 aromatic heterocycles. The number of aliphatic hydroxyl groups is 1. The van der Waals surface area contributed by atoms with Gasteiger partial charge >= 0.3 is 0 Å². The van der Waals surface area contributed by atoms with Crippen molar-refractivity contribution in [3.05, 3.63) is 34.9 Å². The summed E-state index contributed by atoms with van der Waals surface area (Å²) >= 11 is 5.89. The van der Waals surface area contributed by atoms with E-state index in [4.69, 9.17) is 16.3 Å². The molecule has 118 valence electrons. The molecule has 21 heavy (non-hydrogen) atoms. The van der Waals surface area contributed by atoms with E-state index in [0.29, 0.717) is 5.92 Å². The van der Waals surface area contributed by atoms with Gasteiger partial charge in [0.2, 0.25) is 0 Å². The number of hydrogen-bond acceptors (Lipinski definition) is 3. The molecule has 1 fully saturated rings. The maximum Gasteiger partial charge on any atom is 0.0819 e. The van der Waals surface area contributed by atoms with Crippen molar-refractivity contribution in [3.63, 3.8) is 0 Å². The summed E-state index contributed by atoms with van der Waals surface area (Å²) in [6, 6.07) is 7.57. The van der Waals surface area contributed by atoms with E-state index in [1.54, 1.807) is 7.11 Å². The van der Waals surface area contributed by atoms with Gasteiger partial charge < -0.3 is 14.7 Å². The predicted molar refractivity (Wildman–Crippen MR) is 86.7 cm³/mol. The van der Waals surface area contributed by atoms with Crippen LogP contribution in [-0.4, -0.2) is 43.4 Å². The van der Waals surface area contributed by atoms with Crippen molar-refractivity contribution in [1.29, 1.82) is 0 Å². The highest BCUT2D eigenvalue weighted by Gasteiger charge is 2.25. The van der Waals surface area contributed by atoms with Gasteiger partial charge in [-0.1, -0.05) is 23.7 Å². The fraction of sp³-hybridized carbons (Fsp3) is 0.647. The van der Waals surface area contributed by atoms with Gasteiger partial charge in [0.1, 0.15) is 0 Å². The van der Waals surface area contributed by atoms with E-state index in [1.807, 2.05) is 24.3 Å². The van der Waals surface area contributed by atoms with Gasteiger partial charge in [0.25, 0.3) is 0 Å². The fourth-order valence-electron chi connectivity index (χ4n) is 3.01. The zero-order valence-corrected chi connectivity index (χ0v) is 13.6. The standard InChI is InChI=1S/C17H26ClNO2/c1-21-13-3-2-10-19-11-8-15(9-12-19)17(20)14-4-6-16(18)7-5-14/h4-7,15,17,20H,2-3,8-13H2,1H3. The third kappa shape index (κ3) is 5.26. The molecule has 0 bridgehead atoms. The summed E-state index contributed by atoms with van der Waals surface area (Å²) < 4.78 is 5.08. The van der Waals surface area contributed by atoms with Gasteiger partial charge in [-0.25, -0.2) is 0 Å². The van der Waals surface area contributed by atoms with Gasteiger partial charge in [-0.3, -0.25) is 0 Å². The number of nitrogens with zero attached hydrogens (tertiary/aromatic N) is 1. The molecule has 1 atom stereocenters. The molecule has 0 saturated carbocycles. The average molecular weight is 312 g/mol. The van der Waals surface area contributed by atoms with Gasteiger partial charge in [0.05, 0.1) is 6.10 Å². The van der Waals surface area contributed by atoms with Crippen LogP contribution >= 0.6 is 11.6 Å². The van der Waals surface area contributed by atoms with E-state index < -0.39 is 0 Å². The molecular formula is C17H26ClNO2. The van der Waals surface area contributed by atoms with Gasteiger partial charge in [0, 0.05) is 18.7 Å². The summed E-state index contributed by atoms with van der Waals surface area (Å²) in [5, 5.41) is 11.2. The van der Waals surface area contributed by atoms with Crippen molar-refractivity contribution in [3.8, 4) is 0 Å². The van der Waals surface area contributed by atoms with E-state index in [9.17, 15) is 5.11 Å². The quantitative estimate of drug-likeness (QED) is 0.782. The first kappa shape index (κ1) is 16.8. The highest BCUT2D eigenvalue weighted by Crippen LogP contribution is 2.31. The topological polar surface area (TPSA) is 32.7 Å². The number of likely N-dealkylation sites (tertiary alicyclic amines) is 1. The molecule has 0 amide bonds. The van der Waals surface area contributed by atoms with Gasteiger partial charge in [-0.2, -0.15) is 0 Å². The Bertz CT molecular complexity index is 402. The van der Waals surface area contributed by atoms with Crippen molar-refractivity contribution >= 4 is 11.6 Å². The van der Waals surface area contributed by atoms with Crippen molar-refractivity contribution < 1.29 is 9.84 Å². The normalized spacial score (nSPS) is 18.8. The highest BCUT2D eigenvalue weighted by atomic mass is 35.5. The first-order valence-corrected chi connectivity index (χ1v) is 8.23. The molecule has 2 rings (SSSR count). The third-order valence-corrected chi connectivity index (χ3v) is 4.62. The van der Waals surface area contributed by atoms with Gasteiger partial charge in [-0.15, -0.1) is 0 Å². The van der Waals surface area contributed by atoms with Crippen molar-refractivity contribution in [2.24, 2.45) is 5.92 Å². The average Bonchev–Trinajstić information content (AvgIpc) is 2.52. The molecule has 0 radical (unpaired) electrons. The second kappa shape index (κ2) is 8.74. The van der Waals surface area contributed by atoms with Crippen molar-refractivity contribution in [1.82, 2.24) is 4.90 Å². The number of aliphatic hydroxyl groups excluding tert-OH is 1. The van der Waals surface area contributed by atoms with Crippen LogP contribution in [0.25, 0.3) is 0 Å².